The summed E-state index contributed by atoms with van der Waals surface area (Å²) in [7, 11) is 3.85. The van der Waals surface area contributed by atoms with E-state index in [0.717, 1.165) is 6.54 Å². The van der Waals surface area contributed by atoms with E-state index in [1.165, 1.54) is 0 Å². The average Bonchev–Trinajstić information content (AvgIpc) is 2.29. The van der Waals surface area contributed by atoms with E-state index in [4.69, 9.17) is 26.6 Å². The van der Waals surface area contributed by atoms with Gasteiger partial charge in [-0.2, -0.15) is 0 Å². The number of halogens is 1. The van der Waals surface area contributed by atoms with Gasteiger partial charge in [-0.25, -0.2) is 4.79 Å². The number of likely N-dealkylation sites (N-methyl/N-ethyl adjacent to an activating group) is 1. The summed E-state index contributed by atoms with van der Waals surface area (Å²) in [4.78, 5) is 12.0. The van der Waals surface area contributed by atoms with Gasteiger partial charge in [0.25, 0.3) is 0 Å². The van der Waals surface area contributed by atoms with Gasteiger partial charge in [0.1, 0.15) is 5.75 Å². The van der Waals surface area contributed by atoms with Gasteiger partial charge in [0, 0.05) is 11.6 Å². The number of rotatable bonds is 5. The Hall–Kier alpha value is -1.30. The van der Waals surface area contributed by atoms with Crippen molar-refractivity contribution in [3.63, 3.8) is 0 Å². The predicted octanol–water partition coefficient (Wildman–Crippen LogP) is 1.34. The van der Waals surface area contributed by atoms with E-state index >= 15 is 0 Å². The van der Waals surface area contributed by atoms with Crippen LogP contribution >= 0.6 is 11.6 Å². The summed E-state index contributed by atoms with van der Waals surface area (Å²) < 4.78 is 4.86. The van der Waals surface area contributed by atoms with Crippen molar-refractivity contribution in [2.75, 3.05) is 33.9 Å². The van der Waals surface area contributed by atoms with Crippen molar-refractivity contribution >= 4 is 17.6 Å². The molecule has 0 fully saturated rings. The quantitative estimate of drug-likeness (QED) is 0.849. The lowest BCUT2D eigenvalue weighted by molar-refractivity contribution is -0.139. The average molecular weight is 276 g/mol. The van der Waals surface area contributed by atoms with E-state index < -0.39 is 5.97 Å². The number of hydrogen-bond donors (Lipinski definition) is 2. The predicted molar refractivity (Wildman–Crippen MR) is 70.2 cm³/mol. The number of carbonyl (C=O) groups is 1. The largest absolute Gasteiger partial charge is 0.482 e. The number of aliphatic hydroxyl groups is 1. The summed E-state index contributed by atoms with van der Waals surface area (Å²) in [6.07, 6.45) is 0. The van der Waals surface area contributed by atoms with Crippen molar-refractivity contribution in [1.82, 2.24) is 4.90 Å². The zero-order valence-electron chi connectivity index (χ0n) is 10.5. The third kappa shape index (κ3) is 9.89. The maximum absolute atomic E-state index is 10.1. The van der Waals surface area contributed by atoms with Crippen LogP contribution in [0.4, 0.5) is 0 Å². The number of benzene rings is 1. The molecule has 0 saturated carbocycles. The molecule has 0 atom stereocenters. The molecule has 0 bridgehead atoms. The lowest BCUT2D eigenvalue weighted by Gasteiger charge is -2.03. The van der Waals surface area contributed by atoms with Crippen molar-refractivity contribution in [2.24, 2.45) is 0 Å². The molecule has 6 heteroatoms. The third-order valence-corrected chi connectivity index (χ3v) is 1.98. The Kier molecular flexibility index (Phi) is 9.00. The van der Waals surface area contributed by atoms with Crippen LogP contribution in [-0.4, -0.2) is 54.9 Å². The molecule has 0 heterocycles. The molecule has 0 aliphatic carbocycles. The summed E-state index contributed by atoms with van der Waals surface area (Å²) in [5.41, 5.74) is 0. The number of carboxylic acid groups (broad SMARTS) is 1. The van der Waals surface area contributed by atoms with Crippen LogP contribution in [0.5, 0.6) is 5.75 Å². The van der Waals surface area contributed by atoms with Gasteiger partial charge >= 0.3 is 5.97 Å². The van der Waals surface area contributed by atoms with Gasteiger partial charge in [0.2, 0.25) is 0 Å². The molecule has 1 rings (SSSR count). The first-order valence-corrected chi connectivity index (χ1v) is 5.69. The van der Waals surface area contributed by atoms with Gasteiger partial charge in [0.05, 0.1) is 6.61 Å². The first kappa shape index (κ1) is 16.7. The highest BCUT2D eigenvalue weighted by molar-refractivity contribution is 6.30. The number of aliphatic hydroxyl groups excluding tert-OH is 1. The SMILES string of the molecule is CN(C)CCO.O=C(O)COc1ccc(Cl)cc1. The smallest absolute Gasteiger partial charge is 0.341 e. The van der Waals surface area contributed by atoms with Crippen molar-refractivity contribution in [3.8, 4) is 5.75 Å². The van der Waals surface area contributed by atoms with Crippen molar-refractivity contribution in [1.29, 1.82) is 0 Å². The van der Waals surface area contributed by atoms with Crippen molar-refractivity contribution in [3.05, 3.63) is 29.3 Å². The topological polar surface area (TPSA) is 70.0 Å². The van der Waals surface area contributed by atoms with Gasteiger partial charge in [-0.1, -0.05) is 11.6 Å². The van der Waals surface area contributed by atoms with Crippen LogP contribution in [-0.2, 0) is 4.79 Å². The van der Waals surface area contributed by atoms with Gasteiger partial charge in [-0.3, -0.25) is 0 Å². The van der Waals surface area contributed by atoms with E-state index in [9.17, 15) is 4.79 Å². The molecule has 18 heavy (non-hydrogen) atoms. The van der Waals surface area contributed by atoms with Crippen molar-refractivity contribution < 1.29 is 19.7 Å². The van der Waals surface area contributed by atoms with Crippen LogP contribution in [0, 0.1) is 0 Å². The van der Waals surface area contributed by atoms with Gasteiger partial charge in [0.15, 0.2) is 6.61 Å². The Morgan fingerprint density at radius 1 is 1.33 bits per heavy atom. The molecule has 102 valence electrons. The highest BCUT2D eigenvalue weighted by Crippen LogP contribution is 2.15. The maximum atomic E-state index is 10.1. The second-order valence-corrected chi connectivity index (χ2v) is 4.10. The number of aliphatic carboxylic acids is 1. The molecule has 1 aromatic rings. The number of ether oxygens (including phenoxy) is 1. The molecule has 2 N–H and O–H groups in total. The fourth-order valence-corrected chi connectivity index (χ4v) is 1.00. The molecule has 5 nitrogen and oxygen atoms in total. The van der Waals surface area contributed by atoms with Crippen LogP contribution in [0.15, 0.2) is 24.3 Å². The molecule has 0 radical (unpaired) electrons. The normalized spacial score (nSPS) is 9.61. The Balaban J connectivity index is 0.000000411. The summed E-state index contributed by atoms with van der Waals surface area (Å²) in [5, 5.41) is 17.1. The standard InChI is InChI=1S/C8H7ClO3.C4H11NO/c9-6-1-3-7(4-2-6)12-5-8(10)11;1-5(2)3-4-6/h1-4H,5H2,(H,10,11);6H,3-4H2,1-2H3. The molecular formula is C12H18ClNO4. The Morgan fingerprint density at radius 3 is 2.22 bits per heavy atom. The third-order valence-electron chi connectivity index (χ3n) is 1.72. The first-order chi connectivity index (χ1) is 8.45. The Labute approximate surface area is 112 Å². The monoisotopic (exact) mass is 275 g/mol. The molecule has 0 spiro atoms. The second-order valence-electron chi connectivity index (χ2n) is 3.66. The minimum Gasteiger partial charge on any atom is -0.482 e. The minimum absolute atomic E-state index is 0.257. The van der Waals surface area contributed by atoms with E-state index in [2.05, 4.69) is 0 Å². The molecule has 0 aliphatic heterocycles. The fourth-order valence-electron chi connectivity index (χ4n) is 0.876. The number of hydrogen-bond acceptors (Lipinski definition) is 4. The van der Waals surface area contributed by atoms with E-state index in [0.29, 0.717) is 10.8 Å². The summed E-state index contributed by atoms with van der Waals surface area (Å²) in [6, 6.07) is 6.51. The van der Waals surface area contributed by atoms with Crippen LogP contribution in [0.3, 0.4) is 0 Å². The molecule has 0 unspecified atom stereocenters. The van der Waals surface area contributed by atoms with Gasteiger partial charge in [-0.15, -0.1) is 0 Å². The van der Waals surface area contributed by atoms with Gasteiger partial charge in [-0.05, 0) is 38.4 Å². The Morgan fingerprint density at radius 2 is 1.89 bits per heavy atom. The molecule has 0 amide bonds. The lowest BCUT2D eigenvalue weighted by atomic mass is 10.3. The highest BCUT2D eigenvalue weighted by atomic mass is 35.5. The zero-order chi connectivity index (χ0) is 14.0. The molecule has 0 aromatic heterocycles. The van der Waals surface area contributed by atoms with Crippen LogP contribution < -0.4 is 4.74 Å². The van der Waals surface area contributed by atoms with Crippen molar-refractivity contribution in [2.45, 2.75) is 0 Å². The summed E-state index contributed by atoms with van der Waals surface area (Å²) in [5.74, 6) is -0.494. The second kappa shape index (κ2) is 9.70. The van der Waals surface area contributed by atoms with Crippen LogP contribution in [0.2, 0.25) is 5.02 Å². The van der Waals surface area contributed by atoms with Gasteiger partial charge < -0.3 is 19.8 Å². The Bertz CT molecular complexity index is 340. The summed E-state index contributed by atoms with van der Waals surface area (Å²) in [6.45, 7) is 0.689. The highest BCUT2D eigenvalue weighted by Gasteiger charge is 1.97. The zero-order valence-corrected chi connectivity index (χ0v) is 11.2. The minimum atomic E-state index is -0.995. The molecule has 1 aromatic carbocycles. The lowest BCUT2D eigenvalue weighted by Crippen LogP contribution is -2.15. The fraction of sp³-hybridized carbons (Fsp3) is 0.417. The molecular weight excluding hydrogens is 258 g/mol. The maximum Gasteiger partial charge on any atom is 0.341 e. The number of nitrogens with zero attached hydrogens (tertiary/aromatic N) is 1. The van der Waals surface area contributed by atoms with E-state index in [1.807, 2.05) is 19.0 Å². The van der Waals surface area contributed by atoms with Crippen LogP contribution in [0.25, 0.3) is 0 Å². The van der Waals surface area contributed by atoms with E-state index in [-0.39, 0.29) is 13.2 Å². The van der Waals surface area contributed by atoms with E-state index in [1.54, 1.807) is 24.3 Å². The van der Waals surface area contributed by atoms with Crippen LogP contribution in [0.1, 0.15) is 0 Å². The molecule has 0 saturated heterocycles. The molecule has 0 aliphatic rings. The number of carboxylic acids is 1. The summed E-state index contributed by atoms with van der Waals surface area (Å²) >= 11 is 5.60. The first-order valence-electron chi connectivity index (χ1n) is 5.31.